The molecule has 1 aromatic rings. The number of nitrogens with one attached hydrogen (secondary N) is 1. The Morgan fingerprint density at radius 1 is 1.32 bits per heavy atom. The fourth-order valence-corrected chi connectivity index (χ4v) is 3.28. The second kappa shape index (κ2) is 9.04. The Hall–Kier alpha value is -1.22. The van der Waals surface area contributed by atoms with E-state index < -0.39 is 0 Å². The van der Waals surface area contributed by atoms with Crippen LogP contribution in [0.2, 0.25) is 0 Å². The lowest BCUT2D eigenvalue weighted by molar-refractivity contribution is 0.176. The Kier molecular flexibility index (Phi) is 7.04. The van der Waals surface area contributed by atoms with Gasteiger partial charge in [-0.2, -0.15) is 0 Å². The van der Waals surface area contributed by atoms with Crippen LogP contribution in [0.4, 0.5) is 5.69 Å². The topological polar surface area (TPSA) is 24.5 Å². The monoisotopic (exact) mass is 304 g/mol. The molecule has 0 aromatic heterocycles. The lowest BCUT2D eigenvalue weighted by atomic mass is 9.96. The zero-order chi connectivity index (χ0) is 15.8. The van der Waals surface area contributed by atoms with E-state index in [4.69, 9.17) is 4.74 Å². The minimum Gasteiger partial charge on any atom is -0.494 e. The Morgan fingerprint density at radius 3 is 2.91 bits per heavy atom. The van der Waals surface area contributed by atoms with E-state index in [9.17, 15) is 0 Å². The minimum atomic E-state index is 0.739. The maximum atomic E-state index is 5.86. The van der Waals surface area contributed by atoms with Crippen molar-refractivity contribution in [3.63, 3.8) is 0 Å². The van der Waals surface area contributed by atoms with E-state index in [-0.39, 0.29) is 0 Å². The summed E-state index contributed by atoms with van der Waals surface area (Å²) in [5.41, 5.74) is 2.62. The summed E-state index contributed by atoms with van der Waals surface area (Å²) in [5.74, 6) is 1.01. The molecule has 1 atom stereocenters. The zero-order valence-electron chi connectivity index (χ0n) is 14.5. The van der Waals surface area contributed by atoms with Crippen LogP contribution in [-0.4, -0.2) is 38.2 Å². The second-order valence-electron chi connectivity index (χ2n) is 6.44. The molecule has 0 bridgehead atoms. The number of unbranched alkanes of at least 4 members (excludes halogenated alkanes) is 1. The third-order valence-corrected chi connectivity index (χ3v) is 4.78. The molecule has 22 heavy (non-hydrogen) atoms. The molecule has 1 aliphatic heterocycles. The summed E-state index contributed by atoms with van der Waals surface area (Å²) in [6.45, 7) is 4.27. The number of piperidine rings is 1. The highest BCUT2D eigenvalue weighted by Gasteiger charge is 2.19. The molecule has 1 aliphatic rings. The molecule has 124 valence electrons. The van der Waals surface area contributed by atoms with Crippen LogP contribution in [0, 0.1) is 0 Å². The van der Waals surface area contributed by atoms with Crippen molar-refractivity contribution in [3.05, 3.63) is 23.8 Å². The number of hydrogen-bond acceptors (Lipinski definition) is 3. The maximum absolute atomic E-state index is 5.86. The third-order valence-electron chi connectivity index (χ3n) is 4.78. The van der Waals surface area contributed by atoms with Crippen LogP contribution in [0.15, 0.2) is 18.2 Å². The van der Waals surface area contributed by atoms with Gasteiger partial charge in [0.1, 0.15) is 5.75 Å². The summed E-state index contributed by atoms with van der Waals surface area (Å²) in [6, 6.07) is 7.20. The van der Waals surface area contributed by atoms with Gasteiger partial charge in [0, 0.05) is 18.8 Å². The first-order chi connectivity index (χ1) is 10.7. The van der Waals surface area contributed by atoms with Crippen molar-refractivity contribution in [2.24, 2.45) is 0 Å². The highest BCUT2D eigenvalue weighted by Crippen LogP contribution is 2.26. The van der Waals surface area contributed by atoms with Gasteiger partial charge in [0.05, 0.1) is 6.61 Å². The van der Waals surface area contributed by atoms with Gasteiger partial charge < -0.3 is 15.0 Å². The first-order valence-electron chi connectivity index (χ1n) is 8.88. The van der Waals surface area contributed by atoms with Crippen molar-refractivity contribution in [1.29, 1.82) is 0 Å². The smallest absolute Gasteiger partial charge is 0.119 e. The van der Waals surface area contributed by atoms with Gasteiger partial charge in [0.2, 0.25) is 0 Å². The van der Waals surface area contributed by atoms with E-state index in [1.165, 1.54) is 49.9 Å². The first kappa shape index (κ1) is 17.1. The number of benzene rings is 1. The van der Waals surface area contributed by atoms with Crippen molar-refractivity contribution >= 4 is 5.69 Å². The summed E-state index contributed by atoms with van der Waals surface area (Å²) < 4.78 is 5.86. The fourth-order valence-electron chi connectivity index (χ4n) is 3.28. The highest BCUT2D eigenvalue weighted by molar-refractivity contribution is 5.54. The average Bonchev–Trinajstić information content (AvgIpc) is 2.54. The van der Waals surface area contributed by atoms with Gasteiger partial charge in [-0.3, -0.25) is 0 Å². The number of anilines is 1. The quantitative estimate of drug-likeness (QED) is 0.724. The molecule has 0 saturated carbocycles. The van der Waals surface area contributed by atoms with Gasteiger partial charge in [0.15, 0.2) is 0 Å². The SMILES string of the molecule is CCCCOc1ccc(NC)c(CCC2CCCCN2C)c1. The number of ether oxygens (including phenoxy) is 1. The summed E-state index contributed by atoms with van der Waals surface area (Å²) >= 11 is 0. The van der Waals surface area contributed by atoms with Crippen LogP contribution < -0.4 is 10.1 Å². The maximum Gasteiger partial charge on any atom is 0.119 e. The van der Waals surface area contributed by atoms with Crippen molar-refractivity contribution < 1.29 is 4.74 Å². The molecule has 3 nitrogen and oxygen atoms in total. The van der Waals surface area contributed by atoms with Crippen molar-refractivity contribution in [2.45, 2.75) is 57.9 Å². The van der Waals surface area contributed by atoms with E-state index in [2.05, 4.69) is 42.4 Å². The molecule has 3 heteroatoms. The summed E-state index contributed by atoms with van der Waals surface area (Å²) in [6.07, 6.45) is 8.74. The predicted octanol–water partition coefficient (Wildman–Crippen LogP) is 4.32. The van der Waals surface area contributed by atoms with Gasteiger partial charge >= 0.3 is 0 Å². The molecular weight excluding hydrogens is 272 g/mol. The fraction of sp³-hybridized carbons (Fsp3) is 0.684. The largest absolute Gasteiger partial charge is 0.494 e. The molecule has 0 aliphatic carbocycles. The van der Waals surface area contributed by atoms with Crippen molar-refractivity contribution in [3.8, 4) is 5.75 Å². The van der Waals surface area contributed by atoms with Crippen molar-refractivity contribution in [2.75, 3.05) is 32.6 Å². The molecule has 1 heterocycles. The Morgan fingerprint density at radius 2 is 2.18 bits per heavy atom. The van der Waals surface area contributed by atoms with Crippen LogP contribution >= 0.6 is 0 Å². The molecule has 0 radical (unpaired) electrons. The van der Waals surface area contributed by atoms with Crippen LogP contribution in [0.3, 0.4) is 0 Å². The van der Waals surface area contributed by atoms with Gasteiger partial charge in [-0.1, -0.05) is 19.8 Å². The van der Waals surface area contributed by atoms with Crippen LogP contribution in [0.1, 0.15) is 51.0 Å². The molecule has 1 unspecified atom stereocenters. The molecule has 1 aromatic carbocycles. The molecule has 1 saturated heterocycles. The van der Waals surface area contributed by atoms with E-state index in [0.717, 1.165) is 31.2 Å². The number of nitrogens with zero attached hydrogens (tertiary/aromatic N) is 1. The summed E-state index contributed by atoms with van der Waals surface area (Å²) in [7, 11) is 4.27. The average molecular weight is 304 g/mol. The highest BCUT2D eigenvalue weighted by atomic mass is 16.5. The van der Waals surface area contributed by atoms with Crippen molar-refractivity contribution in [1.82, 2.24) is 4.90 Å². The second-order valence-corrected chi connectivity index (χ2v) is 6.44. The van der Waals surface area contributed by atoms with Crippen LogP contribution in [-0.2, 0) is 6.42 Å². The Labute approximate surface area is 136 Å². The normalized spacial score (nSPS) is 19.1. The molecule has 1 N–H and O–H groups in total. The number of aryl methyl sites for hydroxylation is 1. The predicted molar refractivity (Wildman–Crippen MR) is 95.0 cm³/mol. The van der Waals surface area contributed by atoms with Gasteiger partial charge in [-0.15, -0.1) is 0 Å². The van der Waals surface area contributed by atoms with Gasteiger partial charge in [-0.05, 0) is 69.5 Å². The molecular formula is C19H32N2O. The molecule has 0 amide bonds. The zero-order valence-corrected chi connectivity index (χ0v) is 14.5. The minimum absolute atomic E-state index is 0.739. The molecule has 0 spiro atoms. The standard InChI is InChI=1S/C19H32N2O/c1-4-5-14-22-18-11-12-19(20-2)16(15-18)9-10-17-8-6-7-13-21(17)3/h11-12,15,17,20H,4-10,13-14H2,1-3H3. The number of hydrogen-bond donors (Lipinski definition) is 1. The third kappa shape index (κ3) is 4.91. The van der Waals surface area contributed by atoms with E-state index in [0.29, 0.717) is 0 Å². The van der Waals surface area contributed by atoms with E-state index in [1.54, 1.807) is 0 Å². The van der Waals surface area contributed by atoms with E-state index >= 15 is 0 Å². The Balaban J connectivity index is 1.96. The number of likely N-dealkylation sites (tertiary alicyclic amines) is 1. The lowest BCUT2D eigenvalue weighted by Gasteiger charge is -2.32. The lowest BCUT2D eigenvalue weighted by Crippen LogP contribution is -2.36. The van der Waals surface area contributed by atoms with Gasteiger partial charge in [0.25, 0.3) is 0 Å². The summed E-state index contributed by atoms with van der Waals surface area (Å²) in [4.78, 5) is 2.53. The van der Waals surface area contributed by atoms with Crippen LogP contribution in [0.5, 0.6) is 5.75 Å². The molecule has 2 rings (SSSR count). The number of rotatable bonds is 8. The summed E-state index contributed by atoms with van der Waals surface area (Å²) in [5, 5.41) is 3.32. The Bertz CT molecular complexity index is 447. The molecule has 1 fully saturated rings. The van der Waals surface area contributed by atoms with E-state index in [1.807, 2.05) is 7.05 Å². The first-order valence-corrected chi connectivity index (χ1v) is 8.88. The van der Waals surface area contributed by atoms with Crippen LogP contribution in [0.25, 0.3) is 0 Å². The van der Waals surface area contributed by atoms with Gasteiger partial charge in [-0.25, -0.2) is 0 Å².